The second-order valence-electron chi connectivity index (χ2n) is 12.8. The molecule has 4 aliphatic rings. The van der Waals surface area contributed by atoms with E-state index < -0.39 is 0 Å². The number of hydrogen-bond donors (Lipinski definition) is 0. The average molecular weight is 541 g/mol. The Morgan fingerprint density at radius 2 is 1.58 bits per heavy atom. The third kappa shape index (κ3) is 4.09. The lowest BCUT2D eigenvalue weighted by Crippen LogP contribution is -2.60. The summed E-state index contributed by atoms with van der Waals surface area (Å²) in [7, 11) is 0. The molecule has 4 fully saturated rings. The number of Topliss-reactive ketones (excluding diaryl/α,β-unsaturated/α-hetero) is 1. The fraction of sp³-hybridized carbons (Fsp3) is 0.966. The zero-order valence-corrected chi connectivity index (χ0v) is 23.1. The minimum atomic E-state index is 0.516. The van der Waals surface area contributed by atoms with Gasteiger partial charge in [-0.1, -0.05) is 69.5 Å². The van der Waals surface area contributed by atoms with Crippen LogP contribution in [0.5, 0.6) is 0 Å². The SMILES string of the molecule is CCC1CC2C3CC[C@H](CCCC(=O)CCCI)C3(C)CCC2C2(C)CCCCC12C. The van der Waals surface area contributed by atoms with Crippen LogP contribution in [-0.2, 0) is 4.79 Å². The number of halogens is 1. The van der Waals surface area contributed by atoms with Crippen LogP contribution in [0.2, 0.25) is 0 Å². The maximum Gasteiger partial charge on any atom is 0.132 e. The quantitative estimate of drug-likeness (QED) is 0.222. The van der Waals surface area contributed by atoms with Crippen molar-refractivity contribution in [3.63, 3.8) is 0 Å². The van der Waals surface area contributed by atoms with Crippen molar-refractivity contribution in [1.29, 1.82) is 0 Å². The van der Waals surface area contributed by atoms with E-state index in [1.165, 1.54) is 70.6 Å². The molecule has 4 aliphatic carbocycles. The highest BCUT2D eigenvalue weighted by molar-refractivity contribution is 14.1. The number of hydrogen-bond acceptors (Lipinski definition) is 1. The first-order valence-electron chi connectivity index (χ1n) is 13.9. The van der Waals surface area contributed by atoms with Gasteiger partial charge in [0.25, 0.3) is 0 Å². The minimum absolute atomic E-state index is 0.516. The monoisotopic (exact) mass is 540 g/mol. The summed E-state index contributed by atoms with van der Waals surface area (Å²) in [4.78, 5) is 12.2. The lowest BCUT2D eigenvalue weighted by Gasteiger charge is -2.67. The van der Waals surface area contributed by atoms with E-state index in [1.54, 1.807) is 0 Å². The van der Waals surface area contributed by atoms with Gasteiger partial charge in [0, 0.05) is 12.8 Å². The van der Waals surface area contributed by atoms with Crippen LogP contribution in [0.15, 0.2) is 0 Å². The molecule has 0 heterocycles. The van der Waals surface area contributed by atoms with Crippen molar-refractivity contribution >= 4 is 28.4 Å². The van der Waals surface area contributed by atoms with Gasteiger partial charge in [-0.15, -0.1) is 0 Å². The Bertz CT molecular complexity index is 645. The molecule has 4 rings (SSSR count). The van der Waals surface area contributed by atoms with Crippen molar-refractivity contribution in [2.75, 3.05) is 4.43 Å². The molecule has 0 radical (unpaired) electrons. The van der Waals surface area contributed by atoms with E-state index in [1.807, 2.05) is 0 Å². The van der Waals surface area contributed by atoms with Crippen molar-refractivity contribution < 1.29 is 4.79 Å². The number of ketones is 1. The summed E-state index contributed by atoms with van der Waals surface area (Å²) >= 11 is 2.39. The smallest absolute Gasteiger partial charge is 0.132 e. The number of fused-ring (bicyclic) bond motifs is 5. The minimum Gasteiger partial charge on any atom is -0.300 e. The summed E-state index contributed by atoms with van der Waals surface area (Å²) in [6, 6.07) is 0. The second-order valence-corrected chi connectivity index (χ2v) is 13.9. The van der Waals surface area contributed by atoms with Gasteiger partial charge in [0.1, 0.15) is 5.78 Å². The summed E-state index contributed by atoms with van der Waals surface area (Å²) in [5.74, 6) is 5.26. The molecule has 8 atom stereocenters. The largest absolute Gasteiger partial charge is 0.300 e. The second kappa shape index (κ2) is 9.57. The van der Waals surface area contributed by atoms with Crippen molar-refractivity contribution in [3.05, 3.63) is 0 Å². The molecule has 0 aliphatic heterocycles. The van der Waals surface area contributed by atoms with E-state index in [4.69, 9.17) is 0 Å². The number of rotatable bonds is 8. The highest BCUT2D eigenvalue weighted by atomic mass is 127. The fourth-order valence-electron chi connectivity index (χ4n) is 9.97. The molecular formula is C29H49IO. The summed E-state index contributed by atoms with van der Waals surface area (Å²) in [5.41, 5.74) is 1.73. The van der Waals surface area contributed by atoms with E-state index in [2.05, 4.69) is 50.3 Å². The van der Waals surface area contributed by atoms with Crippen LogP contribution < -0.4 is 0 Å². The molecule has 0 amide bonds. The molecule has 2 heteroatoms. The summed E-state index contributed by atoms with van der Waals surface area (Å²) in [6.07, 6.45) is 19.9. The molecule has 0 aromatic heterocycles. The molecule has 0 aromatic rings. The summed E-state index contributed by atoms with van der Waals surface area (Å²) in [5, 5.41) is 0. The topological polar surface area (TPSA) is 17.1 Å². The van der Waals surface area contributed by atoms with Gasteiger partial charge >= 0.3 is 0 Å². The average Bonchev–Trinajstić information content (AvgIpc) is 3.08. The van der Waals surface area contributed by atoms with Crippen molar-refractivity contribution in [2.45, 2.75) is 124 Å². The Kier molecular flexibility index (Phi) is 7.57. The first-order valence-corrected chi connectivity index (χ1v) is 15.4. The van der Waals surface area contributed by atoms with Crippen LogP contribution >= 0.6 is 22.6 Å². The summed E-state index contributed by atoms with van der Waals surface area (Å²) in [6.45, 7) is 10.6. The highest BCUT2D eigenvalue weighted by Gasteiger charge is 2.64. The highest BCUT2D eigenvalue weighted by Crippen LogP contribution is 2.72. The van der Waals surface area contributed by atoms with Crippen molar-refractivity contribution in [3.8, 4) is 0 Å². The first kappa shape index (κ1) is 24.5. The van der Waals surface area contributed by atoms with E-state index in [-0.39, 0.29) is 0 Å². The van der Waals surface area contributed by atoms with E-state index >= 15 is 0 Å². The predicted molar refractivity (Wildman–Crippen MR) is 141 cm³/mol. The van der Waals surface area contributed by atoms with Gasteiger partial charge in [-0.3, -0.25) is 4.79 Å². The molecule has 4 saturated carbocycles. The third-order valence-corrected chi connectivity index (χ3v) is 12.7. The predicted octanol–water partition coefficient (Wildman–Crippen LogP) is 9.02. The van der Waals surface area contributed by atoms with E-state index in [0.29, 0.717) is 22.0 Å². The summed E-state index contributed by atoms with van der Waals surface area (Å²) < 4.78 is 1.12. The van der Waals surface area contributed by atoms with Crippen LogP contribution in [0, 0.1) is 45.8 Å². The maximum atomic E-state index is 12.2. The zero-order chi connectivity index (χ0) is 22.3. The van der Waals surface area contributed by atoms with Crippen LogP contribution in [0.1, 0.15) is 124 Å². The molecular weight excluding hydrogens is 491 g/mol. The molecule has 7 unspecified atom stereocenters. The number of carbonyl (C=O) groups excluding carboxylic acids is 1. The molecule has 0 bridgehead atoms. The van der Waals surface area contributed by atoms with Crippen molar-refractivity contribution in [2.24, 2.45) is 45.8 Å². The van der Waals surface area contributed by atoms with E-state index in [0.717, 1.165) is 59.7 Å². The van der Waals surface area contributed by atoms with Gasteiger partial charge in [0.05, 0.1) is 0 Å². The third-order valence-electron chi connectivity index (χ3n) is 11.9. The van der Waals surface area contributed by atoms with Gasteiger partial charge in [0.15, 0.2) is 0 Å². The van der Waals surface area contributed by atoms with E-state index in [9.17, 15) is 4.79 Å². The Hall–Kier alpha value is 0.400. The Labute approximate surface area is 206 Å². The first-order chi connectivity index (χ1) is 14.8. The molecule has 1 nitrogen and oxygen atoms in total. The molecule has 0 spiro atoms. The zero-order valence-electron chi connectivity index (χ0n) is 21.0. The number of alkyl halides is 1. The molecule has 0 N–H and O–H groups in total. The lowest BCUT2D eigenvalue weighted by atomic mass is 9.38. The Balaban J connectivity index is 1.46. The number of carbonyl (C=O) groups is 1. The van der Waals surface area contributed by atoms with Crippen LogP contribution in [0.4, 0.5) is 0 Å². The van der Waals surface area contributed by atoms with Crippen LogP contribution in [-0.4, -0.2) is 10.2 Å². The molecule has 0 aromatic carbocycles. The van der Waals surface area contributed by atoms with Crippen molar-refractivity contribution in [1.82, 2.24) is 0 Å². The molecule has 31 heavy (non-hydrogen) atoms. The van der Waals surface area contributed by atoms with Crippen LogP contribution in [0.25, 0.3) is 0 Å². The fourth-order valence-corrected chi connectivity index (χ4v) is 10.3. The van der Waals surface area contributed by atoms with Crippen LogP contribution in [0.3, 0.4) is 0 Å². The Morgan fingerprint density at radius 3 is 2.29 bits per heavy atom. The van der Waals surface area contributed by atoms with Gasteiger partial charge in [-0.25, -0.2) is 0 Å². The van der Waals surface area contributed by atoms with Gasteiger partial charge in [0.2, 0.25) is 0 Å². The Morgan fingerprint density at radius 1 is 0.871 bits per heavy atom. The van der Waals surface area contributed by atoms with Gasteiger partial charge in [-0.05, 0) is 114 Å². The molecule has 0 saturated heterocycles. The lowest BCUT2D eigenvalue weighted by molar-refractivity contribution is -0.183. The normalized spacial score (nSPS) is 46.8. The molecule has 178 valence electrons. The van der Waals surface area contributed by atoms with Gasteiger partial charge in [-0.2, -0.15) is 0 Å². The van der Waals surface area contributed by atoms with Gasteiger partial charge < -0.3 is 0 Å². The maximum absolute atomic E-state index is 12.2. The standard InChI is InChI=1S/C29H49IO/c1-5-21-20-24-25-14-13-22(10-8-11-23(31)12-9-19-30)27(25,2)18-15-26(24)29(4)17-7-6-16-28(21,29)3/h21-22,24-26H,5-20H2,1-4H3/t21?,22-,24?,25?,26?,27?,28?,29?/m0/s1.